The van der Waals surface area contributed by atoms with Crippen LogP contribution in [-0.2, 0) is 0 Å². The number of nitrogens with one attached hydrogen (secondary N) is 1. The highest BCUT2D eigenvalue weighted by atomic mass is 79.9. The van der Waals surface area contributed by atoms with Crippen molar-refractivity contribution in [2.75, 3.05) is 13.1 Å². The zero-order valence-electron chi connectivity index (χ0n) is 11.4. The van der Waals surface area contributed by atoms with Crippen LogP contribution < -0.4 is 5.32 Å². The van der Waals surface area contributed by atoms with E-state index < -0.39 is 4.92 Å². The van der Waals surface area contributed by atoms with Crippen LogP contribution in [0.5, 0.6) is 0 Å². The Balaban J connectivity index is 1.68. The smallest absolute Gasteiger partial charge is 0.284 e. The van der Waals surface area contributed by atoms with E-state index in [4.69, 9.17) is 0 Å². The first-order valence-corrected chi connectivity index (χ1v) is 7.83. The minimum absolute atomic E-state index is 0.0892. The molecule has 1 unspecified atom stereocenters. The second-order valence-corrected chi connectivity index (χ2v) is 6.37. The van der Waals surface area contributed by atoms with Gasteiger partial charge in [0, 0.05) is 31.2 Å². The molecule has 1 aromatic carbocycles. The fraction of sp³-hybridized carbons (Fsp3) is 0.500. The van der Waals surface area contributed by atoms with Crippen LogP contribution in [0.15, 0.2) is 22.7 Å². The average molecular weight is 354 g/mol. The summed E-state index contributed by atoms with van der Waals surface area (Å²) in [4.78, 5) is 25.1. The molecule has 6 nitrogen and oxygen atoms in total. The predicted octanol–water partition coefficient (Wildman–Crippen LogP) is 2.32. The normalized spacial score (nSPS) is 22.2. The predicted molar refractivity (Wildman–Crippen MR) is 81.3 cm³/mol. The molecule has 0 bridgehead atoms. The topological polar surface area (TPSA) is 75.5 Å². The number of carbonyl (C=O) groups excluding carboxylic acids is 1. The summed E-state index contributed by atoms with van der Waals surface area (Å²) in [6.45, 7) is 1.90. The number of hydrogen-bond acceptors (Lipinski definition) is 4. The van der Waals surface area contributed by atoms with Crippen molar-refractivity contribution < 1.29 is 9.72 Å². The van der Waals surface area contributed by atoms with Gasteiger partial charge in [-0.3, -0.25) is 19.8 Å². The van der Waals surface area contributed by atoms with E-state index >= 15 is 0 Å². The van der Waals surface area contributed by atoms with Crippen LogP contribution >= 0.6 is 15.9 Å². The second-order valence-electron chi connectivity index (χ2n) is 5.58. The Bertz CT molecular complexity index is 589. The molecule has 21 heavy (non-hydrogen) atoms. The molecule has 1 heterocycles. The molecule has 2 aliphatic rings. The molecule has 1 saturated heterocycles. The fourth-order valence-electron chi connectivity index (χ4n) is 2.78. The van der Waals surface area contributed by atoms with Crippen LogP contribution in [0.2, 0.25) is 0 Å². The molecule has 1 N–H and O–H groups in total. The van der Waals surface area contributed by atoms with Crippen LogP contribution in [0.1, 0.15) is 29.6 Å². The highest BCUT2D eigenvalue weighted by Gasteiger charge is 2.35. The summed E-state index contributed by atoms with van der Waals surface area (Å²) in [7, 11) is 0. The molecule has 0 aromatic heterocycles. The van der Waals surface area contributed by atoms with Gasteiger partial charge in [-0.15, -0.1) is 0 Å². The lowest BCUT2D eigenvalue weighted by Gasteiger charge is -2.16. The van der Waals surface area contributed by atoms with Crippen molar-refractivity contribution in [3.8, 4) is 0 Å². The van der Waals surface area contributed by atoms with E-state index in [1.165, 1.54) is 25.0 Å². The number of nitrogens with zero attached hydrogens (tertiary/aromatic N) is 2. The number of halogens is 1. The Morgan fingerprint density at radius 1 is 1.38 bits per heavy atom. The molecule has 3 rings (SSSR count). The largest absolute Gasteiger partial charge is 0.348 e. The molecule has 7 heteroatoms. The summed E-state index contributed by atoms with van der Waals surface area (Å²) >= 11 is 3.16. The standard InChI is InChI=1S/C14H16BrN3O3/c15-13-11(2-1-3-12(13)18(20)21)14(19)16-9-6-7-17(8-9)10-4-5-10/h1-3,9-10H,4-8H2,(H,16,19). The van der Waals surface area contributed by atoms with Crippen LogP contribution in [0.3, 0.4) is 0 Å². The molecule has 2 fully saturated rings. The first kappa shape index (κ1) is 14.5. The molecule has 1 aliphatic carbocycles. The van der Waals surface area contributed by atoms with E-state index in [1.807, 2.05) is 0 Å². The van der Waals surface area contributed by atoms with Crippen LogP contribution in [-0.4, -0.2) is 40.9 Å². The number of nitro groups is 1. The van der Waals surface area contributed by atoms with Crippen molar-refractivity contribution in [2.45, 2.75) is 31.3 Å². The lowest BCUT2D eigenvalue weighted by Crippen LogP contribution is -2.37. The van der Waals surface area contributed by atoms with Crippen LogP contribution in [0.4, 0.5) is 5.69 Å². The third-order valence-electron chi connectivity index (χ3n) is 4.04. The third kappa shape index (κ3) is 3.08. The van der Waals surface area contributed by atoms with Crippen molar-refractivity contribution in [1.82, 2.24) is 10.2 Å². The number of likely N-dealkylation sites (tertiary alicyclic amines) is 1. The van der Waals surface area contributed by atoms with Crippen LogP contribution in [0, 0.1) is 10.1 Å². The minimum atomic E-state index is -0.495. The molecule has 1 aliphatic heterocycles. The number of amides is 1. The Labute approximate surface area is 130 Å². The molecule has 1 aromatic rings. The fourth-order valence-corrected chi connectivity index (χ4v) is 3.36. The van der Waals surface area contributed by atoms with Crippen molar-refractivity contribution in [3.63, 3.8) is 0 Å². The first-order valence-electron chi connectivity index (χ1n) is 7.04. The minimum Gasteiger partial charge on any atom is -0.348 e. The molecule has 1 atom stereocenters. The molecule has 112 valence electrons. The van der Waals surface area contributed by atoms with Crippen molar-refractivity contribution in [2.24, 2.45) is 0 Å². The van der Waals surface area contributed by atoms with Gasteiger partial charge in [0.25, 0.3) is 11.6 Å². The number of nitro benzene ring substituents is 1. The van der Waals surface area contributed by atoms with Gasteiger partial charge in [-0.1, -0.05) is 6.07 Å². The Morgan fingerprint density at radius 3 is 2.81 bits per heavy atom. The molecule has 1 amide bonds. The zero-order valence-corrected chi connectivity index (χ0v) is 13.0. The van der Waals surface area contributed by atoms with Gasteiger partial charge in [0.2, 0.25) is 0 Å². The lowest BCUT2D eigenvalue weighted by molar-refractivity contribution is -0.385. The van der Waals surface area contributed by atoms with E-state index in [-0.39, 0.29) is 22.1 Å². The van der Waals surface area contributed by atoms with E-state index in [1.54, 1.807) is 6.07 Å². The van der Waals surface area contributed by atoms with Crippen molar-refractivity contribution >= 4 is 27.5 Å². The van der Waals surface area contributed by atoms with E-state index in [0.717, 1.165) is 19.5 Å². The summed E-state index contributed by atoms with van der Waals surface area (Å²) in [6, 6.07) is 5.34. The highest BCUT2D eigenvalue weighted by Crippen LogP contribution is 2.31. The van der Waals surface area contributed by atoms with Gasteiger partial charge in [-0.25, -0.2) is 0 Å². The van der Waals surface area contributed by atoms with Gasteiger partial charge < -0.3 is 5.32 Å². The molecular weight excluding hydrogens is 338 g/mol. The van der Waals surface area contributed by atoms with Gasteiger partial charge in [0.1, 0.15) is 4.47 Å². The number of benzene rings is 1. The maximum absolute atomic E-state index is 12.3. The van der Waals surface area contributed by atoms with Gasteiger partial charge >= 0.3 is 0 Å². The SMILES string of the molecule is O=C(NC1CCN(C2CC2)C1)c1cccc([N+](=O)[O-])c1Br. The van der Waals surface area contributed by atoms with Gasteiger partial charge in [0.15, 0.2) is 0 Å². The second kappa shape index (κ2) is 5.73. The Kier molecular flexibility index (Phi) is 3.95. The average Bonchev–Trinajstić information content (AvgIpc) is 3.19. The van der Waals surface area contributed by atoms with E-state index in [9.17, 15) is 14.9 Å². The summed E-state index contributed by atoms with van der Waals surface area (Å²) in [5.74, 6) is -0.256. The third-order valence-corrected chi connectivity index (χ3v) is 4.87. The van der Waals surface area contributed by atoms with Crippen molar-refractivity contribution in [3.05, 3.63) is 38.3 Å². The van der Waals surface area contributed by atoms with Gasteiger partial charge in [0.05, 0.1) is 10.5 Å². The Morgan fingerprint density at radius 2 is 2.14 bits per heavy atom. The van der Waals surface area contributed by atoms with Gasteiger partial charge in [-0.05, 0) is 41.3 Å². The number of carbonyl (C=O) groups is 1. The summed E-state index contributed by atoms with van der Waals surface area (Å²) in [6.07, 6.45) is 3.46. The molecule has 0 spiro atoms. The highest BCUT2D eigenvalue weighted by molar-refractivity contribution is 9.10. The summed E-state index contributed by atoms with van der Waals surface area (Å²) in [5.41, 5.74) is 0.225. The number of hydrogen-bond donors (Lipinski definition) is 1. The lowest BCUT2D eigenvalue weighted by atomic mass is 10.1. The quantitative estimate of drug-likeness (QED) is 0.665. The molecular formula is C14H16BrN3O3. The molecule has 1 saturated carbocycles. The van der Waals surface area contributed by atoms with Gasteiger partial charge in [-0.2, -0.15) is 0 Å². The first-order chi connectivity index (χ1) is 10.1. The van der Waals surface area contributed by atoms with Crippen molar-refractivity contribution in [1.29, 1.82) is 0 Å². The Hall–Kier alpha value is -1.47. The maximum atomic E-state index is 12.3. The zero-order chi connectivity index (χ0) is 15.0. The maximum Gasteiger partial charge on any atom is 0.284 e. The molecule has 0 radical (unpaired) electrons. The van der Waals surface area contributed by atoms with Crippen LogP contribution in [0.25, 0.3) is 0 Å². The van der Waals surface area contributed by atoms with E-state index in [0.29, 0.717) is 11.6 Å². The summed E-state index contributed by atoms with van der Waals surface area (Å²) < 4.78 is 0.240. The summed E-state index contributed by atoms with van der Waals surface area (Å²) in [5, 5.41) is 13.9. The number of rotatable bonds is 4. The van der Waals surface area contributed by atoms with E-state index in [2.05, 4.69) is 26.1 Å². The monoisotopic (exact) mass is 353 g/mol.